The second kappa shape index (κ2) is 6.43. The quantitative estimate of drug-likeness (QED) is 0.604. The molecule has 0 atom stereocenters. The van der Waals surface area contributed by atoms with Crippen LogP contribution in [0, 0.1) is 0 Å². The van der Waals surface area contributed by atoms with Crippen molar-refractivity contribution < 1.29 is 30.7 Å². The van der Waals surface area contributed by atoms with Gasteiger partial charge in [-0.3, -0.25) is 14.1 Å². The van der Waals surface area contributed by atoms with Gasteiger partial charge in [0.2, 0.25) is 0 Å². The summed E-state index contributed by atoms with van der Waals surface area (Å²) in [6.45, 7) is 0.160. The Kier molecular flexibility index (Phi) is 4.93. The van der Waals surface area contributed by atoms with Crippen LogP contribution in [0.15, 0.2) is 35.4 Å². The normalized spacial score (nSPS) is 16.6. The lowest BCUT2D eigenvalue weighted by molar-refractivity contribution is 0.226. The summed E-state index contributed by atoms with van der Waals surface area (Å²) in [7, 11) is -7.47. The van der Waals surface area contributed by atoms with Crippen LogP contribution in [0.3, 0.4) is 0 Å². The Morgan fingerprint density at radius 1 is 1.26 bits per heavy atom. The molecule has 0 saturated carbocycles. The number of nitrogens with zero attached hydrogens (tertiary/aromatic N) is 2. The van der Waals surface area contributed by atoms with Crippen LogP contribution in [-0.2, 0) is 20.2 Å². The zero-order valence-corrected chi connectivity index (χ0v) is 13.6. The highest BCUT2D eigenvalue weighted by Gasteiger charge is 2.24. The summed E-state index contributed by atoms with van der Waals surface area (Å²) in [4.78, 5) is -0.428. The van der Waals surface area contributed by atoms with Crippen molar-refractivity contribution in [3.05, 3.63) is 30.5 Å². The molecule has 0 fully saturated rings. The Labute approximate surface area is 133 Å². The molecule has 1 heterocycles. The lowest BCUT2D eigenvalue weighted by Crippen LogP contribution is -2.52. The molecule has 0 amide bonds. The van der Waals surface area contributed by atoms with E-state index in [0.717, 1.165) is 11.1 Å². The molecule has 1 aliphatic rings. The molecule has 0 saturated heterocycles. The van der Waals surface area contributed by atoms with Crippen LogP contribution in [0.5, 0.6) is 5.75 Å². The number of anilines is 1. The number of hydrazine groups is 2. The van der Waals surface area contributed by atoms with Crippen LogP contribution in [0.25, 0.3) is 0 Å². The van der Waals surface area contributed by atoms with Gasteiger partial charge in [-0.15, -0.1) is 0 Å². The molecule has 10 nitrogen and oxygen atoms in total. The minimum Gasteiger partial charge on any atom is -0.497 e. The van der Waals surface area contributed by atoms with Gasteiger partial charge in [0.1, 0.15) is 16.5 Å². The minimum absolute atomic E-state index is 0.0459. The van der Waals surface area contributed by atoms with Crippen molar-refractivity contribution >= 4 is 25.9 Å². The van der Waals surface area contributed by atoms with E-state index in [1.54, 1.807) is 6.08 Å². The topological polar surface area (TPSA) is 136 Å². The Balaban J connectivity index is 2.38. The highest BCUT2D eigenvalue weighted by atomic mass is 32.2. The Morgan fingerprint density at radius 2 is 1.96 bits per heavy atom. The second-order valence-corrected chi connectivity index (χ2v) is 7.41. The van der Waals surface area contributed by atoms with Gasteiger partial charge < -0.3 is 4.74 Å². The second-order valence-electron chi connectivity index (χ2n) is 4.60. The van der Waals surface area contributed by atoms with E-state index in [1.165, 1.54) is 30.5 Å². The van der Waals surface area contributed by atoms with Crippen molar-refractivity contribution in [3.8, 4) is 5.75 Å². The molecule has 1 aromatic rings. The van der Waals surface area contributed by atoms with Gasteiger partial charge in [0.15, 0.2) is 0 Å². The van der Waals surface area contributed by atoms with Crippen molar-refractivity contribution in [2.24, 2.45) is 0 Å². The third-order valence-corrected chi connectivity index (χ3v) is 4.37. The number of hydrogen-bond donors (Lipinski definition) is 3. The first kappa shape index (κ1) is 17.7. The van der Waals surface area contributed by atoms with E-state index >= 15 is 0 Å². The smallest absolute Gasteiger partial charge is 0.296 e. The number of nitrogens with one attached hydrogen (secondary N) is 1. The van der Waals surface area contributed by atoms with E-state index in [1.807, 2.05) is 0 Å². The van der Waals surface area contributed by atoms with Gasteiger partial charge in [0, 0.05) is 18.8 Å². The maximum Gasteiger partial charge on any atom is 0.296 e. The predicted molar refractivity (Wildman–Crippen MR) is 80.7 cm³/mol. The van der Waals surface area contributed by atoms with E-state index in [-0.39, 0.29) is 18.0 Å². The minimum atomic E-state index is -4.55. The monoisotopic (exact) mass is 365 g/mol. The van der Waals surface area contributed by atoms with Crippen LogP contribution in [-0.4, -0.2) is 50.5 Å². The molecule has 0 radical (unpaired) electrons. The number of methoxy groups -OCH3 is 1. The Hall–Kier alpha value is -1.70. The summed E-state index contributed by atoms with van der Waals surface area (Å²) in [5, 5.41) is 2.32. The molecular formula is C11H15N3O7S2. The zero-order valence-electron chi connectivity index (χ0n) is 11.9. The van der Waals surface area contributed by atoms with Gasteiger partial charge in [-0.1, -0.05) is 6.08 Å². The van der Waals surface area contributed by atoms with E-state index in [9.17, 15) is 21.4 Å². The summed E-state index contributed by atoms with van der Waals surface area (Å²) >= 11 is 0. The largest absolute Gasteiger partial charge is 0.497 e. The van der Waals surface area contributed by atoms with Crippen LogP contribution in [0.2, 0.25) is 0 Å². The molecule has 2 rings (SSSR count). The average molecular weight is 365 g/mol. The van der Waals surface area contributed by atoms with Crippen molar-refractivity contribution in [1.82, 2.24) is 10.5 Å². The van der Waals surface area contributed by atoms with Crippen LogP contribution < -0.4 is 15.3 Å². The lowest BCUT2D eigenvalue weighted by atomic mass is 10.3. The molecule has 0 aliphatic carbocycles. The molecule has 128 valence electrons. The summed E-state index contributed by atoms with van der Waals surface area (Å²) in [6.07, 6.45) is 3.00. The van der Waals surface area contributed by atoms with E-state index < -0.39 is 31.0 Å². The number of hydrogen-bond acceptors (Lipinski definition) is 8. The Bertz CT molecular complexity index is 820. The van der Waals surface area contributed by atoms with Crippen LogP contribution >= 0.6 is 0 Å². The SMILES string of the molecule is COc1ccc(N2C=CCN(CS(=O)(=O)O)N2)c(S(=O)(=O)O)c1. The fourth-order valence-corrected chi connectivity index (χ4v) is 3.20. The van der Waals surface area contributed by atoms with Gasteiger partial charge in [-0.05, 0) is 12.1 Å². The number of ether oxygens (including phenoxy) is 1. The van der Waals surface area contributed by atoms with Crippen LogP contribution in [0.1, 0.15) is 0 Å². The number of rotatable bonds is 5. The van der Waals surface area contributed by atoms with Crippen LogP contribution in [0.4, 0.5) is 5.69 Å². The Morgan fingerprint density at radius 3 is 2.52 bits per heavy atom. The first-order valence-corrected chi connectivity index (χ1v) is 9.23. The maximum absolute atomic E-state index is 11.5. The predicted octanol–water partition coefficient (Wildman–Crippen LogP) is -0.157. The fraction of sp³-hybridized carbons (Fsp3) is 0.273. The van der Waals surface area contributed by atoms with Gasteiger partial charge in [-0.25, -0.2) is 5.01 Å². The number of benzene rings is 1. The van der Waals surface area contributed by atoms with Gasteiger partial charge >= 0.3 is 0 Å². The molecule has 0 aromatic heterocycles. The highest BCUT2D eigenvalue weighted by Crippen LogP contribution is 2.29. The van der Waals surface area contributed by atoms with Crippen molar-refractivity contribution in [2.45, 2.75) is 4.90 Å². The molecule has 0 spiro atoms. The van der Waals surface area contributed by atoms with Gasteiger partial charge in [-0.2, -0.15) is 22.4 Å². The summed E-state index contributed by atoms with van der Waals surface area (Å²) in [5.74, 6) is -0.484. The maximum atomic E-state index is 11.5. The van der Waals surface area contributed by atoms with Gasteiger partial charge in [0.25, 0.3) is 20.2 Å². The molecule has 0 unspecified atom stereocenters. The molecular weight excluding hydrogens is 350 g/mol. The van der Waals surface area contributed by atoms with E-state index in [2.05, 4.69) is 5.53 Å². The van der Waals surface area contributed by atoms with E-state index in [4.69, 9.17) is 9.29 Å². The van der Waals surface area contributed by atoms with Gasteiger partial charge in [0.05, 0.1) is 12.8 Å². The third-order valence-electron chi connectivity index (χ3n) is 2.85. The molecule has 1 aliphatic heterocycles. The standard InChI is InChI=1S/C11H15N3O7S2/c1-21-9-3-4-10(11(7-9)23(18,19)20)14-6-2-5-13(12-14)8-22(15,16)17/h2-4,6-7,12H,5,8H2,1H3,(H,15,16,17)(H,18,19,20). The molecule has 0 bridgehead atoms. The third kappa shape index (κ3) is 4.63. The molecule has 1 aromatic carbocycles. The first-order valence-electron chi connectivity index (χ1n) is 6.18. The summed E-state index contributed by atoms with van der Waals surface area (Å²) in [5.41, 5.74) is 2.65. The fourth-order valence-electron chi connectivity index (χ4n) is 1.95. The zero-order chi connectivity index (χ0) is 17.3. The van der Waals surface area contributed by atoms with E-state index in [0.29, 0.717) is 0 Å². The van der Waals surface area contributed by atoms with Crippen molar-refractivity contribution in [2.75, 3.05) is 24.5 Å². The van der Waals surface area contributed by atoms with Crippen molar-refractivity contribution in [3.63, 3.8) is 0 Å². The lowest BCUT2D eigenvalue weighted by Gasteiger charge is -2.33. The average Bonchev–Trinajstić information content (AvgIpc) is 2.44. The van der Waals surface area contributed by atoms with Crippen molar-refractivity contribution in [1.29, 1.82) is 0 Å². The summed E-state index contributed by atoms with van der Waals surface area (Å²) < 4.78 is 68.1. The molecule has 12 heteroatoms. The summed E-state index contributed by atoms with van der Waals surface area (Å²) in [6, 6.07) is 3.97. The first-order chi connectivity index (χ1) is 10.6. The highest BCUT2D eigenvalue weighted by molar-refractivity contribution is 7.86. The molecule has 23 heavy (non-hydrogen) atoms. The molecule has 3 N–H and O–H groups in total.